The number of rotatable bonds is 2. The molecule has 1 aliphatic heterocycles. The highest BCUT2D eigenvalue weighted by Gasteiger charge is 2.21. The molecule has 0 fully saturated rings. The number of benzene rings is 1. The summed E-state index contributed by atoms with van der Waals surface area (Å²) in [4.78, 5) is 20.2. The number of ketones is 1. The lowest BCUT2D eigenvalue weighted by Crippen LogP contribution is -2.36. The van der Waals surface area contributed by atoms with Gasteiger partial charge in [-0.25, -0.2) is 4.98 Å². The van der Waals surface area contributed by atoms with Crippen LogP contribution in [-0.4, -0.2) is 30.9 Å². The molecule has 1 aromatic carbocycles. The Kier molecular flexibility index (Phi) is 3.14. The topological polar surface area (TPSA) is 36.4 Å². The summed E-state index contributed by atoms with van der Waals surface area (Å²) >= 11 is 0. The van der Waals surface area contributed by atoms with Crippen LogP contribution in [0, 0.1) is 0 Å². The van der Waals surface area contributed by atoms with Gasteiger partial charge in [0.15, 0.2) is 5.78 Å². The van der Waals surface area contributed by atoms with E-state index in [0.29, 0.717) is 5.56 Å². The first-order valence-electron chi connectivity index (χ1n) is 6.71. The smallest absolute Gasteiger partial charge is 0.161 e. The predicted octanol–water partition coefficient (Wildman–Crippen LogP) is 2.87. The maximum absolute atomic E-state index is 11.3. The summed E-state index contributed by atoms with van der Waals surface area (Å²) in [5, 5.41) is 0. The Morgan fingerprint density at radius 3 is 2.50 bits per heavy atom. The minimum atomic E-state index is 0.0443. The van der Waals surface area contributed by atoms with Crippen molar-refractivity contribution >= 4 is 23.0 Å². The van der Waals surface area contributed by atoms with Crippen molar-refractivity contribution in [3.8, 4) is 0 Å². The van der Waals surface area contributed by atoms with Crippen LogP contribution in [-0.2, 0) is 0 Å². The highest BCUT2D eigenvalue weighted by atomic mass is 16.1. The van der Waals surface area contributed by atoms with Gasteiger partial charge < -0.3 is 9.80 Å². The van der Waals surface area contributed by atoms with E-state index in [1.165, 1.54) is 5.69 Å². The van der Waals surface area contributed by atoms with Gasteiger partial charge in [0.1, 0.15) is 5.82 Å². The second-order valence-electron chi connectivity index (χ2n) is 5.02. The molecule has 4 heteroatoms. The number of carbonyl (C=O) groups is 1. The van der Waals surface area contributed by atoms with E-state index in [2.05, 4.69) is 34.0 Å². The van der Waals surface area contributed by atoms with Crippen LogP contribution in [0.2, 0.25) is 0 Å². The second kappa shape index (κ2) is 4.96. The number of Topliss-reactive ketones (excluding diaryl/α,β-unsaturated/α-hetero) is 1. The van der Waals surface area contributed by atoms with Crippen molar-refractivity contribution in [1.82, 2.24) is 4.98 Å². The van der Waals surface area contributed by atoms with E-state index >= 15 is 0 Å². The number of carbonyl (C=O) groups excluding carboxylic acids is 1. The van der Waals surface area contributed by atoms with Crippen molar-refractivity contribution in [3.63, 3.8) is 0 Å². The number of anilines is 3. The van der Waals surface area contributed by atoms with Gasteiger partial charge in [0.05, 0.1) is 11.4 Å². The number of pyridine rings is 1. The molecule has 3 rings (SSSR count). The van der Waals surface area contributed by atoms with Crippen molar-refractivity contribution in [3.05, 3.63) is 48.2 Å². The van der Waals surface area contributed by atoms with Gasteiger partial charge in [0, 0.05) is 31.9 Å². The van der Waals surface area contributed by atoms with E-state index in [1.54, 1.807) is 13.1 Å². The zero-order valence-corrected chi connectivity index (χ0v) is 11.7. The molecule has 102 valence electrons. The van der Waals surface area contributed by atoms with Crippen LogP contribution in [0.25, 0.3) is 0 Å². The Labute approximate surface area is 118 Å². The predicted molar refractivity (Wildman–Crippen MR) is 81.0 cm³/mol. The Morgan fingerprint density at radius 1 is 1.10 bits per heavy atom. The first-order valence-corrected chi connectivity index (χ1v) is 6.71. The average Bonchev–Trinajstić information content (AvgIpc) is 2.48. The lowest BCUT2D eigenvalue weighted by Gasteiger charge is -2.36. The van der Waals surface area contributed by atoms with Gasteiger partial charge >= 0.3 is 0 Å². The fraction of sp³-hybridized carbons (Fsp3) is 0.250. The van der Waals surface area contributed by atoms with E-state index in [4.69, 9.17) is 0 Å². The highest BCUT2D eigenvalue weighted by Crippen LogP contribution is 2.35. The normalized spacial score (nSPS) is 14.1. The molecule has 0 unspecified atom stereocenters. The molecule has 2 aromatic rings. The third-order valence-electron chi connectivity index (χ3n) is 3.67. The van der Waals surface area contributed by atoms with E-state index in [1.807, 2.05) is 24.3 Å². The Bertz CT molecular complexity index is 636. The Morgan fingerprint density at radius 2 is 1.85 bits per heavy atom. The van der Waals surface area contributed by atoms with Crippen molar-refractivity contribution < 1.29 is 4.79 Å². The van der Waals surface area contributed by atoms with Crippen LogP contribution >= 0.6 is 0 Å². The summed E-state index contributed by atoms with van der Waals surface area (Å²) in [6, 6.07) is 12.1. The van der Waals surface area contributed by atoms with E-state index in [9.17, 15) is 4.79 Å². The molecule has 0 saturated heterocycles. The fourth-order valence-corrected chi connectivity index (χ4v) is 2.50. The van der Waals surface area contributed by atoms with Crippen LogP contribution in [0.4, 0.5) is 17.2 Å². The molecule has 0 amide bonds. The van der Waals surface area contributed by atoms with Gasteiger partial charge in [0.2, 0.25) is 0 Å². The molecule has 0 radical (unpaired) electrons. The standard InChI is InChI=1S/C16H17N3O/c1-12(20)13-7-8-16(17-11-13)19-10-9-18(2)14-5-3-4-6-15(14)19/h3-8,11H,9-10H2,1-2H3. The van der Waals surface area contributed by atoms with Gasteiger partial charge in [-0.1, -0.05) is 12.1 Å². The van der Waals surface area contributed by atoms with Gasteiger partial charge in [-0.3, -0.25) is 4.79 Å². The summed E-state index contributed by atoms with van der Waals surface area (Å²) < 4.78 is 0. The lowest BCUT2D eigenvalue weighted by molar-refractivity contribution is 0.101. The van der Waals surface area contributed by atoms with E-state index in [0.717, 1.165) is 24.6 Å². The number of likely N-dealkylation sites (N-methyl/N-ethyl adjacent to an activating group) is 1. The van der Waals surface area contributed by atoms with Gasteiger partial charge in [0.25, 0.3) is 0 Å². The first kappa shape index (κ1) is 12.7. The molecule has 4 nitrogen and oxygen atoms in total. The van der Waals surface area contributed by atoms with E-state index < -0.39 is 0 Å². The zero-order valence-electron chi connectivity index (χ0n) is 11.7. The third kappa shape index (κ3) is 2.13. The summed E-state index contributed by atoms with van der Waals surface area (Å²) in [5.41, 5.74) is 3.01. The van der Waals surface area contributed by atoms with Crippen LogP contribution < -0.4 is 9.80 Å². The van der Waals surface area contributed by atoms with Gasteiger partial charge in [-0.15, -0.1) is 0 Å². The average molecular weight is 267 g/mol. The summed E-state index contributed by atoms with van der Waals surface area (Å²) in [6.45, 7) is 3.40. The first-order chi connectivity index (χ1) is 9.66. The van der Waals surface area contributed by atoms with Crippen LogP contribution in [0.15, 0.2) is 42.6 Å². The van der Waals surface area contributed by atoms with Crippen molar-refractivity contribution in [1.29, 1.82) is 0 Å². The Hall–Kier alpha value is -2.36. The summed E-state index contributed by atoms with van der Waals surface area (Å²) in [5.74, 6) is 0.929. The molecule has 0 aliphatic carbocycles. The van der Waals surface area contributed by atoms with Gasteiger partial charge in [-0.2, -0.15) is 0 Å². The van der Waals surface area contributed by atoms with Crippen LogP contribution in [0.3, 0.4) is 0 Å². The number of para-hydroxylation sites is 2. The summed E-state index contributed by atoms with van der Waals surface area (Å²) in [6.07, 6.45) is 1.65. The largest absolute Gasteiger partial charge is 0.371 e. The minimum Gasteiger partial charge on any atom is -0.371 e. The van der Waals surface area contributed by atoms with Crippen molar-refractivity contribution in [2.45, 2.75) is 6.92 Å². The second-order valence-corrected chi connectivity index (χ2v) is 5.02. The molecule has 0 atom stereocenters. The highest BCUT2D eigenvalue weighted by molar-refractivity contribution is 5.94. The lowest BCUT2D eigenvalue weighted by atomic mass is 10.1. The molecule has 0 bridgehead atoms. The maximum atomic E-state index is 11.3. The SMILES string of the molecule is CC(=O)c1ccc(N2CCN(C)c3ccccc32)nc1. The number of nitrogens with zero attached hydrogens (tertiary/aromatic N) is 3. The zero-order chi connectivity index (χ0) is 14.1. The molecule has 0 saturated carbocycles. The van der Waals surface area contributed by atoms with Crippen molar-refractivity contribution in [2.24, 2.45) is 0 Å². The molecule has 2 heterocycles. The number of aromatic nitrogens is 1. The molecular weight excluding hydrogens is 250 g/mol. The third-order valence-corrected chi connectivity index (χ3v) is 3.67. The molecule has 20 heavy (non-hydrogen) atoms. The molecule has 1 aromatic heterocycles. The maximum Gasteiger partial charge on any atom is 0.161 e. The monoisotopic (exact) mass is 267 g/mol. The molecule has 1 aliphatic rings. The van der Waals surface area contributed by atoms with Crippen LogP contribution in [0.1, 0.15) is 17.3 Å². The minimum absolute atomic E-state index is 0.0443. The van der Waals surface area contributed by atoms with Gasteiger partial charge in [-0.05, 0) is 31.2 Å². The summed E-state index contributed by atoms with van der Waals surface area (Å²) in [7, 11) is 2.10. The molecule has 0 N–H and O–H groups in total. The van der Waals surface area contributed by atoms with E-state index in [-0.39, 0.29) is 5.78 Å². The van der Waals surface area contributed by atoms with Crippen molar-refractivity contribution in [2.75, 3.05) is 29.9 Å². The molecular formula is C16H17N3O. The molecule has 0 spiro atoms. The number of fused-ring (bicyclic) bond motifs is 1. The quantitative estimate of drug-likeness (QED) is 0.784. The number of hydrogen-bond acceptors (Lipinski definition) is 4. The number of hydrogen-bond donors (Lipinski definition) is 0. The Balaban J connectivity index is 1.99. The fourth-order valence-electron chi connectivity index (χ4n) is 2.50. The van der Waals surface area contributed by atoms with Crippen LogP contribution in [0.5, 0.6) is 0 Å².